The minimum atomic E-state index is -0.524. The van der Waals surface area contributed by atoms with Gasteiger partial charge >= 0.3 is 0 Å². The Morgan fingerprint density at radius 3 is 2.17 bits per heavy atom. The average Bonchev–Trinajstić information content (AvgIpc) is 2.69. The molecule has 0 saturated carbocycles. The number of aryl methyl sites for hydroxylation is 1. The number of carbonyl (C=O) groups excluding carboxylic acids is 1. The van der Waals surface area contributed by atoms with E-state index in [0.717, 1.165) is 23.3 Å². The number of hydrogen-bond acceptors (Lipinski definition) is 3. The Kier molecular flexibility index (Phi) is 7.72. The molecule has 0 heterocycles. The highest BCUT2D eigenvalue weighted by Gasteiger charge is 2.22. The van der Waals surface area contributed by atoms with Crippen molar-refractivity contribution in [2.75, 3.05) is 7.11 Å². The number of benzene rings is 2. The standard InChI is InChI=1S/C25H35NO3/c1-8-21(18-10-15-23(28-7)17(3)16-18)26-24(27)22(9-2)29-20-13-11-19(12-14-20)25(4,5)6/h10-16,21-22H,8-9H2,1-7H3,(H,26,27)/t21-,22+/m0/s1. The highest BCUT2D eigenvalue weighted by Crippen LogP contribution is 2.26. The maximum atomic E-state index is 12.9. The SMILES string of the molecule is CC[C@H](NC(=O)[C@@H](CC)Oc1ccc(C(C)(C)C)cc1)c1ccc(OC)c(C)c1. The van der Waals surface area contributed by atoms with Crippen LogP contribution in [0.5, 0.6) is 11.5 Å². The highest BCUT2D eigenvalue weighted by atomic mass is 16.5. The lowest BCUT2D eigenvalue weighted by molar-refractivity contribution is -0.128. The molecule has 2 rings (SSSR count). The number of methoxy groups -OCH3 is 1. The van der Waals surface area contributed by atoms with E-state index >= 15 is 0 Å². The molecule has 4 heteroatoms. The molecule has 158 valence electrons. The zero-order chi connectivity index (χ0) is 21.6. The molecule has 0 radical (unpaired) electrons. The van der Waals surface area contributed by atoms with Gasteiger partial charge in [0, 0.05) is 0 Å². The number of hydrogen-bond donors (Lipinski definition) is 1. The highest BCUT2D eigenvalue weighted by molar-refractivity contribution is 5.81. The Bertz CT molecular complexity index is 806. The first-order chi connectivity index (χ1) is 13.7. The minimum Gasteiger partial charge on any atom is -0.496 e. The lowest BCUT2D eigenvalue weighted by Crippen LogP contribution is -2.40. The van der Waals surface area contributed by atoms with Crippen LogP contribution in [0, 0.1) is 6.92 Å². The predicted molar refractivity (Wildman–Crippen MR) is 119 cm³/mol. The van der Waals surface area contributed by atoms with E-state index in [4.69, 9.17) is 9.47 Å². The molecule has 2 aromatic rings. The predicted octanol–water partition coefficient (Wildman–Crippen LogP) is 5.73. The van der Waals surface area contributed by atoms with Crippen LogP contribution in [0.15, 0.2) is 42.5 Å². The van der Waals surface area contributed by atoms with Gasteiger partial charge < -0.3 is 14.8 Å². The summed E-state index contributed by atoms with van der Waals surface area (Å²) in [6.45, 7) is 12.6. The maximum absolute atomic E-state index is 12.9. The van der Waals surface area contributed by atoms with Crippen molar-refractivity contribution in [2.45, 2.75) is 71.9 Å². The first kappa shape index (κ1) is 22.8. The van der Waals surface area contributed by atoms with Crippen LogP contribution in [0.2, 0.25) is 0 Å². The Balaban J connectivity index is 2.08. The van der Waals surface area contributed by atoms with Gasteiger partial charge in [0.05, 0.1) is 13.2 Å². The van der Waals surface area contributed by atoms with E-state index in [-0.39, 0.29) is 17.4 Å². The van der Waals surface area contributed by atoms with Gasteiger partial charge in [-0.2, -0.15) is 0 Å². The van der Waals surface area contributed by atoms with Crippen molar-refractivity contribution in [1.82, 2.24) is 5.32 Å². The summed E-state index contributed by atoms with van der Waals surface area (Å²) >= 11 is 0. The molecule has 0 aliphatic rings. The number of rotatable bonds is 8. The quantitative estimate of drug-likeness (QED) is 0.619. The summed E-state index contributed by atoms with van der Waals surface area (Å²) in [7, 11) is 1.66. The van der Waals surface area contributed by atoms with Crippen LogP contribution in [0.4, 0.5) is 0 Å². The van der Waals surface area contributed by atoms with Crippen molar-refractivity contribution in [3.05, 3.63) is 59.2 Å². The second-order valence-corrected chi connectivity index (χ2v) is 8.49. The molecule has 0 aliphatic heterocycles. The molecule has 0 saturated heterocycles. The van der Waals surface area contributed by atoms with Gasteiger partial charge in [0.25, 0.3) is 5.91 Å². The largest absolute Gasteiger partial charge is 0.496 e. The number of nitrogens with one attached hydrogen (secondary N) is 1. The van der Waals surface area contributed by atoms with E-state index in [1.807, 2.05) is 38.1 Å². The molecule has 1 N–H and O–H groups in total. The molecule has 0 aromatic heterocycles. The summed E-state index contributed by atoms with van der Waals surface area (Å²) in [6.07, 6.45) is 0.878. The van der Waals surface area contributed by atoms with Crippen LogP contribution in [0.3, 0.4) is 0 Å². The van der Waals surface area contributed by atoms with Gasteiger partial charge in [-0.1, -0.05) is 58.9 Å². The normalized spacial score (nSPS) is 13.5. The van der Waals surface area contributed by atoms with E-state index in [2.05, 4.69) is 51.2 Å². The zero-order valence-corrected chi connectivity index (χ0v) is 18.8. The van der Waals surface area contributed by atoms with Crippen LogP contribution in [0.1, 0.15) is 70.2 Å². The first-order valence-corrected chi connectivity index (χ1v) is 10.4. The van der Waals surface area contributed by atoms with Crippen LogP contribution < -0.4 is 14.8 Å². The zero-order valence-electron chi connectivity index (χ0n) is 18.8. The fraction of sp³-hybridized carbons (Fsp3) is 0.480. The third kappa shape index (κ3) is 5.99. The molecule has 4 nitrogen and oxygen atoms in total. The number of amides is 1. The van der Waals surface area contributed by atoms with E-state index in [9.17, 15) is 4.79 Å². The van der Waals surface area contributed by atoms with E-state index in [1.165, 1.54) is 5.56 Å². The van der Waals surface area contributed by atoms with Crippen LogP contribution in [-0.2, 0) is 10.2 Å². The Morgan fingerprint density at radius 2 is 1.69 bits per heavy atom. The van der Waals surface area contributed by atoms with Crippen molar-refractivity contribution in [2.24, 2.45) is 0 Å². The van der Waals surface area contributed by atoms with Crippen LogP contribution in [-0.4, -0.2) is 19.1 Å². The van der Waals surface area contributed by atoms with Crippen LogP contribution >= 0.6 is 0 Å². The third-order valence-electron chi connectivity index (χ3n) is 5.21. The third-order valence-corrected chi connectivity index (χ3v) is 5.21. The average molecular weight is 398 g/mol. The van der Waals surface area contributed by atoms with Crippen LogP contribution in [0.25, 0.3) is 0 Å². The summed E-state index contributed by atoms with van der Waals surface area (Å²) in [5.41, 5.74) is 3.46. The van der Waals surface area contributed by atoms with Gasteiger partial charge in [-0.05, 0) is 60.1 Å². The fourth-order valence-electron chi connectivity index (χ4n) is 3.32. The van der Waals surface area contributed by atoms with Gasteiger partial charge in [-0.15, -0.1) is 0 Å². The summed E-state index contributed by atoms with van der Waals surface area (Å²) < 4.78 is 11.3. The summed E-state index contributed by atoms with van der Waals surface area (Å²) in [6, 6.07) is 14.0. The Labute approximate surface area is 175 Å². The smallest absolute Gasteiger partial charge is 0.261 e. The number of carbonyl (C=O) groups is 1. The molecule has 0 fully saturated rings. The fourth-order valence-corrected chi connectivity index (χ4v) is 3.32. The van der Waals surface area contributed by atoms with Crippen molar-refractivity contribution >= 4 is 5.91 Å². The Hall–Kier alpha value is -2.49. The molecule has 0 spiro atoms. The lowest BCUT2D eigenvalue weighted by atomic mass is 9.87. The molecule has 0 unspecified atom stereocenters. The van der Waals surface area contributed by atoms with E-state index in [0.29, 0.717) is 12.2 Å². The molecule has 2 aromatic carbocycles. The first-order valence-electron chi connectivity index (χ1n) is 10.4. The summed E-state index contributed by atoms with van der Waals surface area (Å²) in [4.78, 5) is 12.9. The van der Waals surface area contributed by atoms with E-state index < -0.39 is 6.10 Å². The van der Waals surface area contributed by atoms with Gasteiger partial charge in [-0.25, -0.2) is 0 Å². The summed E-state index contributed by atoms with van der Waals surface area (Å²) in [5, 5.41) is 3.15. The monoisotopic (exact) mass is 397 g/mol. The van der Waals surface area contributed by atoms with Crippen molar-refractivity contribution < 1.29 is 14.3 Å². The molecular weight excluding hydrogens is 362 g/mol. The molecule has 0 aliphatic carbocycles. The molecule has 1 amide bonds. The molecule has 0 bridgehead atoms. The van der Waals surface area contributed by atoms with Gasteiger partial charge in [0.15, 0.2) is 6.10 Å². The Morgan fingerprint density at radius 1 is 1.03 bits per heavy atom. The van der Waals surface area contributed by atoms with E-state index in [1.54, 1.807) is 7.11 Å². The lowest BCUT2D eigenvalue weighted by Gasteiger charge is -2.24. The molecular formula is C25H35NO3. The van der Waals surface area contributed by atoms with Gasteiger partial charge in [-0.3, -0.25) is 4.79 Å². The molecule has 29 heavy (non-hydrogen) atoms. The van der Waals surface area contributed by atoms with Crippen molar-refractivity contribution in [3.8, 4) is 11.5 Å². The summed E-state index contributed by atoms with van der Waals surface area (Å²) in [5.74, 6) is 1.48. The minimum absolute atomic E-state index is 0.0620. The number of ether oxygens (including phenoxy) is 2. The van der Waals surface area contributed by atoms with Crippen molar-refractivity contribution in [3.63, 3.8) is 0 Å². The van der Waals surface area contributed by atoms with Gasteiger partial charge in [0.2, 0.25) is 0 Å². The molecule has 2 atom stereocenters. The maximum Gasteiger partial charge on any atom is 0.261 e. The van der Waals surface area contributed by atoms with Crippen molar-refractivity contribution in [1.29, 1.82) is 0 Å². The second kappa shape index (κ2) is 9.82. The topological polar surface area (TPSA) is 47.6 Å². The second-order valence-electron chi connectivity index (χ2n) is 8.49. The van der Waals surface area contributed by atoms with Gasteiger partial charge in [0.1, 0.15) is 11.5 Å².